The highest BCUT2D eigenvalue weighted by molar-refractivity contribution is 7.90. The molecule has 11 heteroatoms. The first-order chi connectivity index (χ1) is 16.8. The van der Waals surface area contributed by atoms with Crippen molar-refractivity contribution < 1.29 is 18.0 Å². The molecule has 4 aromatic rings. The molecule has 0 fully saturated rings. The van der Waals surface area contributed by atoms with Crippen LogP contribution in [0.25, 0.3) is 11.3 Å². The SMILES string of the molecule is CC(=O)Nc1ccc(C(=O)NS(=O)(=O)c2ccccc2)cc1NCc1ccc(-c2csnn2)cc1. The number of amides is 2. The van der Waals surface area contributed by atoms with Gasteiger partial charge in [0.25, 0.3) is 15.9 Å². The zero-order valence-electron chi connectivity index (χ0n) is 18.6. The molecule has 0 saturated carbocycles. The molecule has 0 atom stereocenters. The Morgan fingerprint density at radius 3 is 2.34 bits per heavy atom. The lowest BCUT2D eigenvalue weighted by atomic mass is 10.1. The minimum atomic E-state index is -4.03. The summed E-state index contributed by atoms with van der Waals surface area (Å²) >= 11 is 1.28. The summed E-state index contributed by atoms with van der Waals surface area (Å²) in [5.74, 6) is -1.06. The van der Waals surface area contributed by atoms with Crippen molar-refractivity contribution in [2.24, 2.45) is 0 Å². The number of rotatable bonds is 8. The quantitative estimate of drug-likeness (QED) is 0.330. The van der Waals surface area contributed by atoms with E-state index >= 15 is 0 Å². The van der Waals surface area contributed by atoms with E-state index < -0.39 is 15.9 Å². The highest BCUT2D eigenvalue weighted by Crippen LogP contribution is 2.25. The van der Waals surface area contributed by atoms with Crippen molar-refractivity contribution in [2.45, 2.75) is 18.4 Å². The molecule has 0 saturated heterocycles. The number of anilines is 2. The van der Waals surface area contributed by atoms with Crippen LogP contribution in [0.1, 0.15) is 22.8 Å². The maximum Gasteiger partial charge on any atom is 0.265 e. The van der Waals surface area contributed by atoms with Gasteiger partial charge in [-0.1, -0.05) is 47.0 Å². The molecule has 0 radical (unpaired) electrons. The molecule has 4 rings (SSSR count). The fourth-order valence-electron chi connectivity index (χ4n) is 3.25. The van der Waals surface area contributed by atoms with Gasteiger partial charge in [0.15, 0.2) is 0 Å². The van der Waals surface area contributed by atoms with E-state index in [1.165, 1.54) is 42.7 Å². The maximum atomic E-state index is 12.7. The van der Waals surface area contributed by atoms with Crippen molar-refractivity contribution in [3.8, 4) is 11.3 Å². The lowest BCUT2D eigenvalue weighted by Gasteiger charge is -2.15. The number of nitrogens with one attached hydrogen (secondary N) is 3. The Balaban J connectivity index is 1.52. The second-order valence-corrected chi connectivity index (χ2v) is 9.82. The fourth-order valence-corrected chi connectivity index (χ4v) is 4.71. The van der Waals surface area contributed by atoms with Crippen LogP contribution in [-0.2, 0) is 21.4 Å². The van der Waals surface area contributed by atoms with Crippen LogP contribution in [0.4, 0.5) is 11.4 Å². The summed E-state index contributed by atoms with van der Waals surface area (Å²) in [5.41, 5.74) is 3.74. The molecular formula is C24H21N5O4S2. The Morgan fingerprint density at radius 1 is 0.943 bits per heavy atom. The zero-order chi connectivity index (χ0) is 24.8. The van der Waals surface area contributed by atoms with Crippen molar-refractivity contribution in [1.29, 1.82) is 0 Å². The number of hydrogen-bond donors (Lipinski definition) is 3. The molecule has 3 aromatic carbocycles. The zero-order valence-corrected chi connectivity index (χ0v) is 20.2. The van der Waals surface area contributed by atoms with Gasteiger partial charge in [-0.05, 0) is 47.4 Å². The van der Waals surface area contributed by atoms with E-state index in [2.05, 4.69) is 24.9 Å². The summed E-state index contributed by atoms with van der Waals surface area (Å²) in [4.78, 5) is 24.4. The predicted molar refractivity (Wildman–Crippen MR) is 135 cm³/mol. The van der Waals surface area contributed by atoms with Gasteiger partial charge >= 0.3 is 0 Å². The topological polar surface area (TPSA) is 130 Å². The highest BCUT2D eigenvalue weighted by atomic mass is 32.2. The number of nitrogens with zero attached hydrogens (tertiary/aromatic N) is 2. The lowest BCUT2D eigenvalue weighted by Crippen LogP contribution is -2.30. The van der Waals surface area contributed by atoms with Gasteiger partial charge in [0, 0.05) is 30.0 Å². The van der Waals surface area contributed by atoms with E-state index in [0.29, 0.717) is 17.9 Å². The summed E-state index contributed by atoms with van der Waals surface area (Å²) in [6.45, 7) is 1.78. The van der Waals surface area contributed by atoms with Crippen molar-refractivity contribution in [3.05, 3.63) is 89.3 Å². The first-order valence-electron chi connectivity index (χ1n) is 10.5. The second kappa shape index (κ2) is 10.5. The summed E-state index contributed by atoms with van der Waals surface area (Å²) in [6, 6.07) is 19.9. The molecule has 35 heavy (non-hydrogen) atoms. The third-order valence-corrected chi connectivity index (χ3v) is 6.82. The van der Waals surface area contributed by atoms with Crippen molar-refractivity contribution in [1.82, 2.24) is 14.3 Å². The number of sulfonamides is 1. The number of carbonyl (C=O) groups is 2. The van der Waals surface area contributed by atoms with E-state index in [4.69, 9.17) is 0 Å². The summed E-state index contributed by atoms with van der Waals surface area (Å²) in [6.07, 6.45) is 0. The van der Waals surface area contributed by atoms with Crippen LogP contribution in [0.15, 0.2) is 83.1 Å². The smallest absolute Gasteiger partial charge is 0.265 e. The van der Waals surface area contributed by atoms with Gasteiger partial charge in [-0.3, -0.25) is 9.59 Å². The molecule has 0 unspecified atom stereocenters. The van der Waals surface area contributed by atoms with Gasteiger partial charge in [-0.2, -0.15) is 0 Å². The monoisotopic (exact) mass is 507 g/mol. The molecule has 1 aromatic heterocycles. The highest BCUT2D eigenvalue weighted by Gasteiger charge is 2.19. The van der Waals surface area contributed by atoms with Gasteiger partial charge in [0.2, 0.25) is 5.91 Å². The van der Waals surface area contributed by atoms with Crippen molar-refractivity contribution in [2.75, 3.05) is 10.6 Å². The molecule has 0 aliphatic carbocycles. The van der Waals surface area contributed by atoms with Crippen molar-refractivity contribution in [3.63, 3.8) is 0 Å². The lowest BCUT2D eigenvalue weighted by molar-refractivity contribution is -0.114. The van der Waals surface area contributed by atoms with Gasteiger partial charge in [0.05, 0.1) is 16.3 Å². The Labute approximate surface area is 206 Å². The predicted octanol–water partition coefficient (Wildman–Crippen LogP) is 3.89. The van der Waals surface area contributed by atoms with Crippen LogP contribution in [0.3, 0.4) is 0 Å². The Hall–Kier alpha value is -4.09. The molecule has 9 nitrogen and oxygen atoms in total. The standard InChI is InChI=1S/C24H21N5O4S2/c1-16(30)26-21-12-11-19(24(31)28-35(32,33)20-5-3-2-4-6-20)13-22(21)25-14-17-7-9-18(10-8-17)23-15-34-29-27-23/h2-13,15,25H,14H2,1H3,(H,26,30)(H,28,31). The average Bonchev–Trinajstić information content (AvgIpc) is 3.39. The van der Waals surface area contributed by atoms with Gasteiger partial charge in [-0.25, -0.2) is 13.1 Å². The fraction of sp³-hybridized carbons (Fsp3) is 0.0833. The van der Waals surface area contributed by atoms with Crippen LogP contribution in [0.5, 0.6) is 0 Å². The van der Waals surface area contributed by atoms with Crippen LogP contribution >= 0.6 is 11.5 Å². The van der Waals surface area contributed by atoms with Crippen LogP contribution in [0.2, 0.25) is 0 Å². The van der Waals surface area contributed by atoms with Gasteiger partial charge in [-0.15, -0.1) is 5.10 Å². The molecular weight excluding hydrogens is 486 g/mol. The molecule has 0 aliphatic heterocycles. The molecule has 0 spiro atoms. The van der Waals surface area contributed by atoms with Crippen molar-refractivity contribution >= 4 is 44.7 Å². The van der Waals surface area contributed by atoms with E-state index in [1.807, 2.05) is 29.6 Å². The van der Waals surface area contributed by atoms with E-state index in [-0.39, 0.29) is 16.4 Å². The molecule has 2 amide bonds. The van der Waals surface area contributed by atoms with Crippen LogP contribution in [0, 0.1) is 0 Å². The first kappa shape index (κ1) is 24.0. The number of benzene rings is 3. The minimum absolute atomic E-state index is 0.0153. The van der Waals surface area contributed by atoms with E-state index in [1.54, 1.807) is 24.3 Å². The number of hydrogen-bond acceptors (Lipinski definition) is 8. The molecule has 1 heterocycles. The largest absolute Gasteiger partial charge is 0.379 e. The number of aromatic nitrogens is 2. The maximum absolute atomic E-state index is 12.7. The molecule has 3 N–H and O–H groups in total. The van der Waals surface area contributed by atoms with Crippen LogP contribution in [-0.4, -0.2) is 29.8 Å². The molecule has 0 aliphatic rings. The van der Waals surface area contributed by atoms with Crippen LogP contribution < -0.4 is 15.4 Å². The van der Waals surface area contributed by atoms with E-state index in [9.17, 15) is 18.0 Å². The Morgan fingerprint density at radius 2 is 1.69 bits per heavy atom. The normalized spacial score (nSPS) is 11.0. The summed E-state index contributed by atoms with van der Waals surface area (Å²) < 4.78 is 31.0. The average molecular weight is 508 g/mol. The Kier molecular flexibility index (Phi) is 7.18. The third-order valence-electron chi connectivity index (χ3n) is 4.97. The second-order valence-electron chi connectivity index (χ2n) is 7.53. The Bertz CT molecular complexity index is 1440. The number of carbonyl (C=O) groups excluding carboxylic acids is 2. The first-order valence-corrected chi connectivity index (χ1v) is 12.8. The van der Waals surface area contributed by atoms with Gasteiger partial charge < -0.3 is 10.6 Å². The molecule has 178 valence electrons. The van der Waals surface area contributed by atoms with E-state index in [0.717, 1.165) is 16.8 Å². The van der Waals surface area contributed by atoms with Gasteiger partial charge in [0.1, 0.15) is 5.69 Å². The molecule has 0 bridgehead atoms. The summed E-state index contributed by atoms with van der Waals surface area (Å²) in [7, 11) is -4.03. The third kappa shape index (κ3) is 6.08. The minimum Gasteiger partial charge on any atom is -0.379 e. The summed E-state index contributed by atoms with van der Waals surface area (Å²) in [5, 5.41) is 11.8.